The molecule has 18 heavy (non-hydrogen) atoms. The van der Waals surface area contributed by atoms with Crippen molar-refractivity contribution >= 4 is 34.3 Å². The maximum atomic E-state index is 5.91. The van der Waals surface area contributed by atoms with E-state index in [-0.39, 0.29) is 0 Å². The predicted molar refractivity (Wildman–Crippen MR) is 82.8 cm³/mol. The summed E-state index contributed by atoms with van der Waals surface area (Å²) in [7, 11) is 0. The number of hydrogen-bond donors (Lipinski definition) is 0. The van der Waals surface area contributed by atoms with E-state index in [0.717, 1.165) is 5.02 Å². The molecule has 0 nitrogen and oxygen atoms in total. The van der Waals surface area contributed by atoms with Gasteiger partial charge in [-0.25, -0.2) is 0 Å². The van der Waals surface area contributed by atoms with Gasteiger partial charge in [-0.15, -0.1) is 22.7 Å². The van der Waals surface area contributed by atoms with Gasteiger partial charge in [0.05, 0.1) is 0 Å². The molecule has 0 saturated carbocycles. The molecular weight excluding hydrogens is 280 g/mol. The van der Waals surface area contributed by atoms with Gasteiger partial charge >= 0.3 is 0 Å². The van der Waals surface area contributed by atoms with Crippen molar-refractivity contribution in [2.75, 3.05) is 0 Å². The molecule has 0 N–H and O–H groups in total. The number of benzene rings is 1. The highest BCUT2D eigenvalue weighted by atomic mass is 35.5. The lowest BCUT2D eigenvalue weighted by molar-refractivity contribution is 1.64. The van der Waals surface area contributed by atoms with E-state index in [2.05, 4.69) is 43.3 Å². The molecule has 2 aromatic heterocycles. The Bertz CT molecular complexity index is 662. The van der Waals surface area contributed by atoms with E-state index in [9.17, 15) is 0 Å². The normalized spacial score (nSPS) is 10.8. The first-order valence-electron chi connectivity index (χ1n) is 5.65. The lowest BCUT2D eigenvalue weighted by Crippen LogP contribution is -1.69. The van der Waals surface area contributed by atoms with Gasteiger partial charge < -0.3 is 0 Å². The molecule has 0 spiro atoms. The zero-order valence-corrected chi connectivity index (χ0v) is 12.2. The van der Waals surface area contributed by atoms with Crippen LogP contribution in [-0.4, -0.2) is 0 Å². The fraction of sp³-hybridized carbons (Fsp3) is 0.0667. The first-order valence-corrected chi connectivity index (χ1v) is 7.66. The molecule has 0 unspecified atom stereocenters. The van der Waals surface area contributed by atoms with Crippen molar-refractivity contribution in [1.82, 2.24) is 0 Å². The Morgan fingerprint density at radius 2 is 1.33 bits per heavy atom. The SMILES string of the molecule is Cc1ccc(-c2ccc(-c3ccc(Cl)cc3)s2)s1. The van der Waals surface area contributed by atoms with Gasteiger partial charge in [0.25, 0.3) is 0 Å². The molecule has 0 amide bonds. The molecular formula is C15H11ClS2. The van der Waals surface area contributed by atoms with Crippen LogP contribution >= 0.6 is 34.3 Å². The summed E-state index contributed by atoms with van der Waals surface area (Å²) in [6.45, 7) is 2.14. The number of halogens is 1. The van der Waals surface area contributed by atoms with E-state index >= 15 is 0 Å². The van der Waals surface area contributed by atoms with E-state index in [0.29, 0.717) is 0 Å². The first kappa shape index (κ1) is 12.0. The molecule has 90 valence electrons. The minimum absolute atomic E-state index is 0.782. The molecule has 0 bridgehead atoms. The Balaban J connectivity index is 1.96. The molecule has 0 aliphatic heterocycles. The largest absolute Gasteiger partial charge is 0.140 e. The second-order valence-electron chi connectivity index (χ2n) is 4.08. The standard InChI is InChI=1S/C15H11ClS2/c1-10-2-7-14(17-10)15-9-8-13(18-15)11-3-5-12(16)6-4-11/h2-9H,1H3. The summed E-state index contributed by atoms with van der Waals surface area (Å²) >= 11 is 9.57. The molecule has 0 saturated heterocycles. The fourth-order valence-corrected chi connectivity index (χ4v) is 3.90. The molecule has 0 fully saturated rings. The average molecular weight is 291 g/mol. The number of thiophene rings is 2. The second kappa shape index (κ2) is 4.88. The Morgan fingerprint density at radius 1 is 0.722 bits per heavy atom. The topological polar surface area (TPSA) is 0 Å². The van der Waals surface area contributed by atoms with E-state index in [1.807, 2.05) is 34.8 Å². The van der Waals surface area contributed by atoms with Gasteiger partial charge in [0.1, 0.15) is 0 Å². The Morgan fingerprint density at radius 3 is 2.00 bits per heavy atom. The Labute approximate surface area is 119 Å². The van der Waals surface area contributed by atoms with Crippen molar-refractivity contribution in [3.8, 4) is 20.2 Å². The molecule has 0 radical (unpaired) electrons. The fourth-order valence-electron chi connectivity index (χ4n) is 1.81. The minimum Gasteiger partial charge on any atom is -0.140 e. The highest BCUT2D eigenvalue weighted by Crippen LogP contribution is 2.37. The van der Waals surface area contributed by atoms with Gasteiger partial charge in [-0.05, 0) is 48.9 Å². The molecule has 0 aliphatic rings. The predicted octanol–water partition coefficient (Wildman–Crippen LogP) is 6.11. The van der Waals surface area contributed by atoms with E-state index in [1.165, 1.54) is 25.1 Å². The van der Waals surface area contributed by atoms with Crippen molar-refractivity contribution in [2.45, 2.75) is 6.92 Å². The van der Waals surface area contributed by atoms with Gasteiger partial charge in [0.2, 0.25) is 0 Å². The Hall–Kier alpha value is -1.09. The third kappa shape index (κ3) is 2.37. The van der Waals surface area contributed by atoms with Crippen molar-refractivity contribution in [2.24, 2.45) is 0 Å². The molecule has 1 aromatic carbocycles. The van der Waals surface area contributed by atoms with E-state index in [1.54, 1.807) is 0 Å². The third-order valence-electron chi connectivity index (χ3n) is 2.72. The molecule has 0 aliphatic carbocycles. The van der Waals surface area contributed by atoms with Gasteiger partial charge in [-0.1, -0.05) is 23.7 Å². The number of hydrogen-bond acceptors (Lipinski definition) is 2. The maximum absolute atomic E-state index is 5.91. The zero-order chi connectivity index (χ0) is 12.5. The van der Waals surface area contributed by atoms with Crippen LogP contribution < -0.4 is 0 Å². The summed E-state index contributed by atoms with van der Waals surface area (Å²) in [6, 6.07) is 16.7. The van der Waals surface area contributed by atoms with Crippen molar-refractivity contribution < 1.29 is 0 Å². The van der Waals surface area contributed by atoms with Crippen molar-refractivity contribution in [3.63, 3.8) is 0 Å². The lowest BCUT2D eigenvalue weighted by Gasteiger charge is -1.96. The van der Waals surface area contributed by atoms with Crippen LogP contribution in [0.3, 0.4) is 0 Å². The van der Waals surface area contributed by atoms with Crippen molar-refractivity contribution in [3.05, 3.63) is 58.4 Å². The highest BCUT2D eigenvalue weighted by Gasteiger charge is 2.06. The van der Waals surface area contributed by atoms with Gasteiger partial charge in [-0.2, -0.15) is 0 Å². The van der Waals surface area contributed by atoms with Crippen LogP contribution in [0.2, 0.25) is 5.02 Å². The van der Waals surface area contributed by atoms with Crippen LogP contribution in [0.4, 0.5) is 0 Å². The van der Waals surface area contributed by atoms with E-state index < -0.39 is 0 Å². The molecule has 3 rings (SSSR count). The summed E-state index contributed by atoms with van der Waals surface area (Å²) in [5.41, 5.74) is 1.23. The smallest absolute Gasteiger partial charge is 0.0449 e. The summed E-state index contributed by atoms with van der Waals surface area (Å²) in [5.74, 6) is 0. The number of aryl methyl sites for hydroxylation is 1. The van der Waals surface area contributed by atoms with Crippen LogP contribution in [0.25, 0.3) is 20.2 Å². The van der Waals surface area contributed by atoms with Crippen LogP contribution in [0.1, 0.15) is 4.88 Å². The molecule has 0 atom stereocenters. The number of rotatable bonds is 2. The summed E-state index contributed by atoms with van der Waals surface area (Å²) in [5, 5.41) is 0.782. The summed E-state index contributed by atoms with van der Waals surface area (Å²) < 4.78 is 0. The average Bonchev–Trinajstić information content (AvgIpc) is 2.98. The summed E-state index contributed by atoms with van der Waals surface area (Å²) in [4.78, 5) is 5.31. The minimum atomic E-state index is 0.782. The van der Waals surface area contributed by atoms with Gasteiger partial charge in [-0.3, -0.25) is 0 Å². The van der Waals surface area contributed by atoms with Gasteiger partial charge in [0.15, 0.2) is 0 Å². The maximum Gasteiger partial charge on any atom is 0.0449 e. The molecule has 2 heterocycles. The zero-order valence-electron chi connectivity index (χ0n) is 9.81. The second-order valence-corrected chi connectivity index (χ2v) is 6.89. The van der Waals surface area contributed by atoms with Crippen LogP contribution in [-0.2, 0) is 0 Å². The summed E-state index contributed by atoms with van der Waals surface area (Å²) in [6.07, 6.45) is 0. The third-order valence-corrected chi connectivity index (χ3v) is 5.30. The van der Waals surface area contributed by atoms with Crippen LogP contribution in [0.15, 0.2) is 48.5 Å². The van der Waals surface area contributed by atoms with E-state index in [4.69, 9.17) is 11.6 Å². The van der Waals surface area contributed by atoms with Crippen molar-refractivity contribution in [1.29, 1.82) is 0 Å². The van der Waals surface area contributed by atoms with Gasteiger partial charge in [0, 0.05) is 24.5 Å². The first-order chi connectivity index (χ1) is 8.72. The quantitative estimate of drug-likeness (QED) is 0.534. The monoisotopic (exact) mass is 290 g/mol. The van der Waals surface area contributed by atoms with Crippen LogP contribution in [0.5, 0.6) is 0 Å². The Kier molecular flexibility index (Phi) is 3.25. The lowest BCUT2D eigenvalue weighted by atomic mass is 10.2. The highest BCUT2D eigenvalue weighted by molar-refractivity contribution is 7.23. The molecule has 3 aromatic rings. The van der Waals surface area contributed by atoms with Crippen LogP contribution in [0, 0.1) is 6.92 Å². The molecule has 3 heteroatoms.